The second-order valence-corrected chi connectivity index (χ2v) is 7.40. The number of fused-ring (bicyclic) bond motifs is 3. The van der Waals surface area contributed by atoms with E-state index in [-0.39, 0.29) is 0 Å². The molecule has 1 aliphatic rings. The summed E-state index contributed by atoms with van der Waals surface area (Å²) in [6.45, 7) is 1.78. The van der Waals surface area contributed by atoms with Crippen molar-refractivity contribution in [1.29, 1.82) is 5.26 Å². The number of hydrogen-bond acceptors (Lipinski definition) is 4. The number of nitriles is 1. The third-order valence-corrected chi connectivity index (χ3v) is 5.67. The summed E-state index contributed by atoms with van der Waals surface area (Å²) in [6.07, 6.45) is 7.26. The smallest absolute Gasteiger partial charge is 0.138 e. The molecule has 2 aromatic heterocycles. The van der Waals surface area contributed by atoms with Gasteiger partial charge in [0.05, 0.1) is 23.3 Å². The summed E-state index contributed by atoms with van der Waals surface area (Å²) in [5.74, 6) is 1.38. The van der Waals surface area contributed by atoms with E-state index in [1.54, 1.807) is 6.92 Å². The molecule has 0 amide bonds. The average molecular weight is 348 g/mol. The number of nitrogens with zero attached hydrogens (tertiary/aromatic N) is 4. The number of rotatable bonds is 4. The fraction of sp³-hybridized carbons (Fsp3) is 0.476. The minimum absolute atomic E-state index is 0.341. The van der Waals surface area contributed by atoms with Crippen LogP contribution < -0.4 is 0 Å². The predicted octanol–water partition coefficient (Wildman–Crippen LogP) is 4.67. The Balaban J connectivity index is 1.77. The first kappa shape index (κ1) is 17.0. The maximum Gasteiger partial charge on any atom is 0.138 e. The molecule has 1 atom stereocenters. The summed E-state index contributed by atoms with van der Waals surface area (Å²) in [5.41, 5.74) is 2.90. The van der Waals surface area contributed by atoms with Gasteiger partial charge >= 0.3 is 0 Å². The van der Waals surface area contributed by atoms with Crippen molar-refractivity contribution in [2.75, 3.05) is 0 Å². The lowest BCUT2D eigenvalue weighted by Gasteiger charge is -2.31. The molecule has 0 spiro atoms. The van der Waals surface area contributed by atoms with E-state index in [1.165, 1.54) is 0 Å². The van der Waals surface area contributed by atoms with Crippen molar-refractivity contribution < 1.29 is 5.11 Å². The number of pyridine rings is 1. The van der Waals surface area contributed by atoms with Gasteiger partial charge in [-0.15, -0.1) is 0 Å². The van der Waals surface area contributed by atoms with Gasteiger partial charge in [-0.1, -0.05) is 18.2 Å². The first-order valence-corrected chi connectivity index (χ1v) is 9.49. The summed E-state index contributed by atoms with van der Waals surface area (Å²) >= 11 is 0. The SMILES string of the molecule is C[C@@H](O)c1nc2cnc3ccccc3c2n1[C@H]1CC[C@H](CCC#N)CC1. The Morgan fingerprint density at radius 3 is 2.73 bits per heavy atom. The lowest BCUT2D eigenvalue weighted by Crippen LogP contribution is -2.20. The lowest BCUT2D eigenvalue weighted by molar-refractivity contribution is 0.174. The van der Waals surface area contributed by atoms with Gasteiger partial charge in [-0.25, -0.2) is 4.98 Å². The van der Waals surface area contributed by atoms with Gasteiger partial charge in [0, 0.05) is 17.8 Å². The van der Waals surface area contributed by atoms with Gasteiger partial charge in [-0.05, 0) is 51.0 Å². The van der Waals surface area contributed by atoms with Crippen LogP contribution in [-0.4, -0.2) is 19.6 Å². The van der Waals surface area contributed by atoms with Crippen LogP contribution in [0.15, 0.2) is 30.5 Å². The normalized spacial score (nSPS) is 21.7. The van der Waals surface area contributed by atoms with Gasteiger partial charge in [0.15, 0.2) is 0 Å². The summed E-state index contributed by atoms with van der Waals surface area (Å²) in [7, 11) is 0. The van der Waals surface area contributed by atoms with Gasteiger partial charge in [-0.3, -0.25) is 4.98 Å². The van der Waals surface area contributed by atoms with Gasteiger partial charge in [0.25, 0.3) is 0 Å². The van der Waals surface area contributed by atoms with E-state index >= 15 is 0 Å². The quantitative estimate of drug-likeness (QED) is 0.743. The number of para-hydroxylation sites is 1. The number of aromatic nitrogens is 3. The van der Waals surface area contributed by atoms with E-state index in [1.807, 2.05) is 24.4 Å². The highest BCUT2D eigenvalue weighted by Gasteiger charge is 2.27. The van der Waals surface area contributed by atoms with E-state index in [9.17, 15) is 5.11 Å². The standard InChI is InChI=1S/C21H24N4O/c1-14(26)21-24-19-13-23-18-7-3-2-6-17(18)20(19)25(21)16-10-8-15(9-11-16)5-4-12-22/h2-3,6-7,13-16,26H,4-5,8-11H2,1H3/t14-,15-,16-/m1/s1. The largest absolute Gasteiger partial charge is 0.385 e. The second-order valence-electron chi connectivity index (χ2n) is 7.40. The first-order valence-electron chi connectivity index (χ1n) is 9.49. The predicted molar refractivity (Wildman–Crippen MR) is 102 cm³/mol. The molecular formula is C21H24N4O. The maximum absolute atomic E-state index is 10.3. The van der Waals surface area contributed by atoms with E-state index in [2.05, 4.69) is 21.7 Å². The maximum atomic E-state index is 10.3. The van der Waals surface area contributed by atoms with Crippen LogP contribution in [0.3, 0.4) is 0 Å². The highest BCUT2D eigenvalue weighted by Crippen LogP contribution is 2.39. The van der Waals surface area contributed by atoms with Gasteiger partial charge in [-0.2, -0.15) is 5.26 Å². The summed E-state index contributed by atoms with van der Waals surface area (Å²) < 4.78 is 2.27. The number of aliphatic hydroxyl groups excluding tert-OH is 1. The zero-order valence-corrected chi connectivity index (χ0v) is 15.1. The Hall–Kier alpha value is -2.45. The summed E-state index contributed by atoms with van der Waals surface area (Å²) in [5, 5.41) is 20.2. The van der Waals surface area contributed by atoms with Crippen LogP contribution in [0.25, 0.3) is 21.9 Å². The molecule has 134 valence electrons. The molecule has 0 aliphatic heterocycles. The van der Waals surface area contributed by atoms with E-state index < -0.39 is 6.10 Å². The van der Waals surface area contributed by atoms with Crippen LogP contribution in [0.1, 0.15) is 63.4 Å². The number of hydrogen-bond donors (Lipinski definition) is 1. The topological polar surface area (TPSA) is 74.7 Å². The molecule has 1 aromatic carbocycles. The number of imidazole rings is 1. The fourth-order valence-electron chi connectivity index (χ4n) is 4.37. The minimum Gasteiger partial charge on any atom is -0.385 e. The van der Waals surface area contributed by atoms with Crippen molar-refractivity contribution in [3.05, 3.63) is 36.3 Å². The van der Waals surface area contributed by atoms with Gasteiger partial charge in [0.2, 0.25) is 0 Å². The molecule has 1 aliphatic carbocycles. The molecular weight excluding hydrogens is 324 g/mol. The minimum atomic E-state index is -0.613. The molecule has 1 N–H and O–H groups in total. The first-order chi connectivity index (χ1) is 12.7. The van der Waals surface area contributed by atoms with Crippen molar-refractivity contribution >= 4 is 21.9 Å². The molecule has 26 heavy (non-hydrogen) atoms. The molecule has 0 bridgehead atoms. The van der Waals surface area contributed by atoms with Crippen LogP contribution in [0.2, 0.25) is 0 Å². The number of aliphatic hydroxyl groups is 1. The Kier molecular flexibility index (Phi) is 4.60. The van der Waals surface area contributed by atoms with E-state index in [0.29, 0.717) is 18.4 Å². The molecule has 5 nitrogen and oxygen atoms in total. The molecule has 0 radical (unpaired) electrons. The molecule has 1 fully saturated rings. The Bertz CT molecular complexity index is 961. The molecule has 3 aromatic rings. The van der Waals surface area contributed by atoms with Crippen LogP contribution in [-0.2, 0) is 0 Å². The highest BCUT2D eigenvalue weighted by atomic mass is 16.3. The molecule has 0 unspecified atom stereocenters. The van der Waals surface area contributed by atoms with Crippen molar-refractivity contribution in [2.24, 2.45) is 5.92 Å². The van der Waals surface area contributed by atoms with Crippen molar-refractivity contribution in [3.8, 4) is 6.07 Å². The number of benzene rings is 1. The average Bonchev–Trinajstić information content (AvgIpc) is 3.07. The Labute approximate surface area is 153 Å². The summed E-state index contributed by atoms with van der Waals surface area (Å²) in [4.78, 5) is 9.24. The van der Waals surface area contributed by atoms with Crippen LogP contribution in [0.4, 0.5) is 0 Å². The molecule has 1 saturated carbocycles. The molecule has 2 heterocycles. The second kappa shape index (κ2) is 7.05. The van der Waals surface area contributed by atoms with E-state index in [0.717, 1.165) is 59.9 Å². The zero-order valence-electron chi connectivity index (χ0n) is 15.1. The van der Waals surface area contributed by atoms with Crippen molar-refractivity contribution in [1.82, 2.24) is 14.5 Å². The highest BCUT2D eigenvalue weighted by molar-refractivity contribution is 6.02. The molecule has 4 rings (SSSR count). The van der Waals surface area contributed by atoms with Crippen molar-refractivity contribution in [2.45, 2.75) is 57.6 Å². The summed E-state index contributed by atoms with van der Waals surface area (Å²) in [6, 6.07) is 10.7. The lowest BCUT2D eigenvalue weighted by atomic mass is 9.83. The zero-order chi connectivity index (χ0) is 18.1. The van der Waals surface area contributed by atoms with Gasteiger partial charge in [0.1, 0.15) is 17.4 Å². The van der Waals surface area contributed by atoms with Crippen LogP contribution in [0, 0.1) is 17.2 Å². The Morgan fingerprint density at radius 2 is 2.00 bits per heavy atom. The van der Waals surface area contributed by atoms with Gasteiger partial charge < -0.3 is 9.67 Å². The van der Waals surface area contributed by atoms with Crippen molar-refractivity contribution in [3.63, 3.8) is 0 Å². The monoisotopic (exact) mass is 348 g/mol. The molecule has 0 saturated heterocycles. The molecule has 5 heteroatoms. The third kappa shape index (κ3) is 2.95. The van der Waals surface area contributed by atoms with Crippen LogP contribution >= 0.6 is 0 Å². The fourth-order valence-corrected chi connectivity index (χ4v) is 4.37. The van der Waals surface area contributed by atoms with E-state index in [4.69, 9.17) is 10.2 Å². The Morgan fingerprint density at radius 1 is 1.23 bits per heavy atom. The van der Waals surface area contributed by atoms with Crippen LogP contribution in [0.5, 0.6) is 0 Å². The third-order valence-electron chi connectivity index (χ3n) is 5.67.